The number of carbonyl (C=O) groups is 2. The molecule has 1 rings (SSSR count). The summed E-state index contributed by atoms with van der Waals surface area (Å²) in [5.41, 5.74) is 0. The Bertz CT molecular complexity index is 323. The minimum Gasteiger partial charge on any atom is -0.383 e. The second-order valence-electron chi connectivity index (χ2n) is 5.31. The van der Waals surface area contributed by atoms with Crippen LogP contribution in [0.1, 0.15) is 26.2 Å². The van der Waals surface area contributed by atoms with E-state index in [9.17, 15) is 9.59 Å². The van der Waals surface area contributed by atoms with Crippen LogP contribution in [0, 0.1) is 5.92 Å². The molecule has 2 amide bonds. The highest BCUT2D eigenvalue weighted by Gasteiger charge is 2.31. The molecule has 2 N–H and O–H groups in total. The van der Waals surface area contributed by atoms with E-state index >= 15 is 0 Å². The number of amides is 2. The molecule has 2 unspecified atom stereocenters. The molecule has 0 aromatic heterocycles. The molecule has 1 saturated heterocycles. The van der Waals surface area contributed by atoms with Gasteiger partial charge in [-0.05, 0) is 26.8 Å². The van der Waals surface area contributed by atoms with Gasteiger partial charge in [-0.15, -0.1) is 0 Å². The van der Waals surface area contributed by atoms with Crippen molar-refractivity contribution in [2.45, 2.75) is 32.2 Å². The highest BCUT2D eigenvalue weighted by atomic mass is 16.5. The van der Waals surface area contributed by atoms with E-state index in [4.69, 9.17) is 4.74 Å². The lowest BCUT2D eigenvalue weighted by Crippen LogP contribution is -2.50. The topological polar surface area (TPSA) is 70.7 Å². The van der Waals surface area contributed by atoms with Gasteiger partial charge in [0, 0.05) is 39.2 Å². The number of hydrogen-bond donors (Lipinski definition) is 2. The monoisotopic (exact) mass is 285 g/mol. The summed E-state index contributed by atoms with van der Waals surface area (Å²) in [6.45, 7) is 4.29. The van der Waals surface area contributed by atoms with Crippen molar-refractivity contribution in [3.05, 3.63) is 0 Å². The molecule has 0 aromatic rings. The van der Waals surface area contributed by atoms with Crippen LogP contribution < -0.4 is 10.6 Å². The Morgan fingerprint density at radius 2 is 2.05 bits per heavy atom. The number of rotatable bonds is 7. The van der Waals surface area contributed by atoms with Crippen LogP contribution in [0.5, 0.6) is 0 Å². The van der Waals surface area contributed by atoms with Gasteiger partial charge in [0.05, 0.1) is 12.5 Å². The van der Waals surface area contributed by atoms with E-state index in [0.29, 0.717) is 32.7 Å². The number of methoxy groups -OCH3 is 1. The molecule has 2 atom stereocenters. The first kappa shape index (κ1) is 16.9. The van der Waals surface area contributed by atoms with Gasteiger partial charge >= 0.3 is 0 Å². The van der Waals surface area contributed by atoms with Gasteiger partial charge in [-0.1, -0.05) is 0 Å². The smallest absolute Gasteiger partial charge is 0.224 e. The Morgan fingerprint density at radius 1 is 1.30 bits per heavy atom. The van der Waals surface area contributed by atoms with Crippen molar-refractivity contribution in [3.8, 4) is 0 Å². The van der Waals surface area contributed by atoms with Crippen LogP contribution in [-0.4, -0.2) is 63.2 Å². The van der Waals surface area contributed by atoms with E-state index in [-0.39, 0.29) is 23.8 Å². The fourth-order valence-corrected chi connectivity index (χ4v) is 2.46. The fraction of sp³-hybridized carbons (Fsp3) is 0.857. The lowest BCUT2D eigenvalue weighted by atomic mass is 9.92. The molecule has 6 nitrogen and oxygen atoms in total. The van der Waals surface area contributed by atoms with Gasteiger partial charge in [0.1, 0.15) is 0 Å². The number of likely N-dealkylation sites (tertiary alicyclic amines) is 1. The molecule has 20 heavy (non-hydrogen) atoms. The number of nitrogens with one attached hydrogen (secondary N) is 2. The summed E-state index contributed by atoms with van der Waals surface area (Å²) in [6.07, 6.45) is 2.21. The van der Waals surface area contributed by atoms with Crippen LogP contribution in [0.25, 0.3) is 0 Å². The average Bonchev–Trinajstić information content (AvgIpc) is 2.45. The Labute approximate surface area is 121 Å². The number of ether oxygens (including phenoxy) is 1. The summed E-state index contributed by atoms with van der Waals surface area (Å²) in [7, 11) is 3.44. The van der Waals surface area contributed by atoms with Crippen molar-refractivity contribution >= 4 is 11.8 Å². The van der Waals surface area contributed by atoms with E-state index in [1.807, 2.05) is 11.9 Å². The molecule has 0 bridgehead atoms. The van der Waals surface area contributed by atoms with E-state index in [1.165, 1.54) is 0 Å². The third kappa shape index (κ3) is 5.09. The molecule has 0 aliphatic carbocycles. The van der Waals surface area contributed by atoms with E-state index < -0.39 is 0 Å². The lowest BCUT2D eigenvalue weighted by Gasteiger charge is -2.37. The molecular weight excluding hydrogens is 258 g/mol. The lowest BCUT2D eigenvalue weighted by molar-refractivity contribution is -0.138. The van der Waals surface area contributed by atoms with Crippen LogP contribution in [-0.2, 0) is 14.3 Å². The zero-order chi connectivity index (χ0) is 15.0. The van der Waals surface area contributed by atoms with Crippen molar-refractivity contribution < 1.29 is 14.3 Å². The SMILES string of the molecule is CNCCC(=O)N1CC(C(=O)NCCOC)CCC1C. The van der Waals surface area contributed by atoms with Gasteiger partial charge < -0.3 is 20.3 Å². The Hall–Kier alpha value is -1.14. The number of nitrogens with zero attached hydrogens (tertiary/aromatic N) is 1. The molecule has 6 heteroatoms. The van der Waals surface area contributed by atoms with Crippen LogP contribution >= 0.6 is 0 Å². The molecule has 0 spiro atoms. The first-order valence-corrected chi connectivity index (χ1v) is 7.30. The Balaban J connectivity index is 2.47. The zero-order valence-electron chi connectivity index (χ0n) is 12.8. The van der Waals surface area contributed by atoms with Crippen molar-refractivity contribution in [3.63, 3.8) is 0 Å². The van der Waals surface area contributed by atoms with Crippen molar-refractivity contribution in [1.29, 1.82) is 0 Å². The average molecular weight is 285 g/mol. The summed E-state index contributed by atoms with van der Waals surface area (Å²) in [5.74, 6) is 0.0585. The maximum Gasteiger partial charge on any atom is 0.224 e. The third-order valence-electron chi connectivity index (χ3n) is 3.77. The Kier molecular flexibility index (Phi) is 7.54. The summed E-state index contributed by atoms with van der Waals surface area (Å²) >= 11 is 0. The molecule has 1 fully saturated rings. The predicted molar refractivity (Wildman–Crippen MR) is 77.3 cm³/mol. The molecular formula is C14H27N3O3. The number of hydrogen-bond acceptors (Lipinski definition) is 4. The van der Waals surface area contributed by atoms with Gasteiger partial charge in [-0.2, -0.15) is 0 Å². The van der Waals surface area contributed by atoms with Crippen LogP contribution in [0.2, 0.25) is 0 Å². The second kappa shape index (κ2) is 8.92. The molecule has 1 aliphatic rings. The minimum atomic E-state index is -0.0957. The molecule has 0 saturated carbocycles. The number of carbonyl (C=O) groups excluding carboxylic acids is 2. The van der Waals surface area contributed by atoms with Crippen molar-refractivity contribution in [1.82, 2.24) is 15.5 Å². The summed E-state index contributed by atoms with van der Waals surface area (Å²) in [5, 5.41) is 5.84. The zero-order valence-corrected chi connectivity index (χ0v) is 12.8. The summed E-state index contributed by atoms with van der Waals surface area (Å²) < 4.78 is 4.91. The van der Waals surface area contributed by atoms with E-state index in [0.717, 1.165) is 12.8 Å². The quantitative estimate of drug-likeness (QED) is 0.645. The fourth-order valence-electron chi connectivity index (χ4n) is 2.46. The molecule has 1 aliphatic heterocycles. The molecule has 1 heterocycles. The van der Waals surface area contributed by atoms with Crippen LogP contribution in [0.4, 0.5) is 0 Å². The van der Waals surface area contributed by atoms with E-state index in [2.05, 4.69) is 17.6 Å². The summed E-state index contributed by atoms with van der Waals surface area (Å²) in [6, 6.07) is 0.224. The maximum atomic E-state index is 12.1. The highest BCUT2D eigenvalue weighted by molar-refractivity contribution is 5.81. The standard InChI is InChI=1S/C14H27N3O3/c1-11-4-5-12(14(19)16-8-9-20-3)10-17(11)13(18)6-7-15-2/h11-12,15H,4-10H2,1-3H3,(H,16,19). The molecule has 0 aromatic carbocycles. The van der Waals surface area contributed by atoms with Gasteiger partial charge in [0.2, 0.25) is 11.8 Å². The van der Waals surface area contributed by atoms with Gasteiger partial charge in [-0.25, -0.2) is 0 Å². The number of piperidine rings is 1. The molecule has 116 valence electrons. The maximum absolute atomic E-state index is 12.1. The third-order valence-corrected chi connectivity index (χ3v) is 3.77. The largest absolute Gasteiger partial charge is 0.383 e. The summed E-state index contributed by atoms with van der Waals surface area (Å²) in [4.78, 5) is 26.0. The van der Waals surface area contributed by atoms with Gasteiger partial charge in [0.25, 0.3) is 0 Å². The normalized spacial score (nSPS) is 22.6. The van der Waals surface area contributed by atoms with Gasteiger partial charge in [-0.3, -0.25) is 9.59 Å². The van der Waals surface area contributed by atoms with Crippen LogP contribution in [0.15, 0.2) is 0 Å². The molecule has 0 radical (unpaired) electrons. The van der Waals surface area contributed by atoms with E-state index in [1.54, 1.807) is 7.11 Å². The predicted octanol–water partition coefficient (Wildman–Crippen LogP) is -0.0144. The first-order chi connectivity index (χ1) is 9.60. The van der Waals surface area contributed by atoms with Gasteiger partial charge in [0.15, 0.2) is 0 Å². The van der Waals surface area contributed by atoms with Crippen molar-refractivity contribution in [2.75, 3.05) is 40.4 Å². The first-order valence-electron chi connectivity index (χ1n) is 7.30. The second-order valence-corrected chi connectivity index (χ2v) is 5.31. The van der Waals surface area contributed by atoms with Crippen molar-refractivity contribution in [2.24, 2.45) is 5.92 Å². The highest BCUT2D eigenvalue weighted by Crippen LogP contribution is 2.22. The van der Waals surface area contributed by atoms with Crippen LogP contribution in [0.3, 0.4) is 0 Å². The Morgan fingerprint density at radius 3 is 2.70 bits per heavy atom. The minimum absolute atomic E-state index is 0.0281.